The van der Waals surface area contributed by atoms with Crippen LogP contribution in [-0.4, -0.2) is 6.54 Å². The third kappa shape index (κ3) is 4.13. The van der Waals surface area contributed by atoms with Gasteiger partial charge in [0.1, 0.15) is 0 Å². The molecule has 0 heterocycles. The van der Waals surface area contributed by atoms with E-state index in [9.17, 15) is 0 Å². The summed E-state index contributed by atoms with van der Waals surface area (Å²) >= 11 is 0. The normalized spacial score (nSPS) is 17.1. The van der Waals surface area contributed by atoms with Crippen molar-refractivity contribution >= 4 is 0 Å². The first-order chi connectivity index (χ1) is 8.66. The van der Waals surface area contributed by atoms with E-state index >= 15 is 0 Å². The van der Waals surface area contributed by atoms with Gasteiger partial charge in [-0.15, -0.1) is 0 Å². The van der Waals surface area contributed by atoms with Crippen molar-refractivity contribution in [3.63, 3.8) is 0 Å². The summed E-state index contributed by atoms with van der Waals surface area (Å²) in [5.41, 5.74) is 2.84. The Morgan fingerprint density at radius 2 is 1.67 bits per heavy atom. The number of hydrogen-bond donors (Lipinski definition) is 1. The lowest BCUT2D eigenvalue weighted by Crippen LogP contribution is -2.19. The van der Waals surface area contributed by atoms with Crippen LogP contribution in [0, 0.1) is 5.92 Å². The van der Waals surface area contributed by atoms with Crippen LogP contribution in [0.2, 0.25) is 0 Å². The molecule has 1 nitrogen and oxygen atoms in total. The second-order valence-corrected chi connectivity index (χ2v) is 6.08. The van der Waals surface area contributed by atoms with Gasteiger partial charge in [0.05, 0.1) is 0 Å². The maximum Gasteiger partial charge on any atom is 0.0291 e. The predicted molar refractivity (Wildman–Crippen MR) is 78.9 cm³/mol. The van der Waals surface area contributed by atoms with Crippen molar-refractivity contribution < 1.29 is 0 Å². The van der Waals surface area contributed by atoms with Gasteiger partial charge in [-0.25, -0.2) is 0 Å². The molecule has 0 bridgehead atoms. The molecule has 0 radical (unpaired) electrons. The Bertz CT molecular complexity index is 348. The Balaban J connectivity index is 1.74. The van der Waals surface area contributed by atoms with Crippen molar-refractivity contribution in [2.24, 2.45) is 5.92 Å². The first-order valence-corrected chi connectivity index (χ1v) is 7.50. The summed E-state index contributed by atoms with van der Waals surface area (Å²) in [6, 6.07) is 9.55. The minimum absolute atomic E-state index is 0.477. The lowest BCUT2D eigenvalue weighted by atomic mass is 9.99. The molecule has 18 heavy (non-hydrogen) atoms. The van der Waals surface area contributed by atoms with Gasteiger partial charge in [-0.2, -0.15) is 0 Å². The Labute approximate surface area is 112 Å². The molecule has 0 saturated heterocycles. The number of rotatable bonds is 7. The molecule has 1 aromatic rings. The van der Waals surface area contributed by atoms with Crippen molar-refractivity contribution in [3.8, 4) is 0 Å². The molecule has 1 aliphatic carbocycles. The highest BCUT2D eigenvalue weighted by Crippen LogP contribution is 2.33. The smallest absolute Gasteiger partial charge is 0.0291 e. The molecular formula is C17H27N. The van der Waals surface area contributed by atoms with Gasteiger partial charge in [0.2, 0.25) is 0 Å². The van der Waals surface area contributed by atoms with Gasteiger partial charge in [-0.1, -0.05) is 51.0 Å². The lowest BCUT2D eigenvalue weighted by molar-refractivity contribution is 0.533. The fourth-order valence-electron chi connectivity index (χ4n) is 2.40. The SMILES string of the molecule is CC(C)c1ccc(C(C)NCCCC2CC2)cc1. The van der Waals surface area contributed by atoms with Crippen LogP contribution in [0.25, 0.3) is 0 Å². The Morgan fingerprint density at radius 1 is 1.06 bits per heavy atom. The average molecular weight is 245 g/mol. The monoisotopic (exact) mass is 245 g/mol. The molecule has 1 fully saturated rings. The summed E-state index contributed by atoms with van der Waals surface area (Å²) in [6.07, 6.45) is 5.71. The fourth-order valence-corrected chi connectivity index (χ4v) is 2.40. The van der Waals surface area contributed by atoms with Gasteiger partial charge < -0.3 is 5.32 Å². The minimum atomic E-state index is 0.477. The summed E-state index contributed by atoms with van der Waals surface area (Å²) in [5.74, 6) is 1.69. The highest BCUT2D eigenvalue weighted by Gasteiger charge is 2.20. The van der Waals surface area contributed by atoms with Gasteiger partial charge in [-0.3, -0.25) is 0 Å². The molecule has 1 aliphatic rings. The van der Waals surface area contributed by atoms with Gasteiger partial charge in [0.25, 0.3) is 0 Å². The van der Waals surface area contributed by atoms with Gasteiger partial charge in [-0.05, 0) is 49.3 Å². The number of nitrogens with one attached hydrogen (secondary N) is 1. The van der Waals surface area contributed by atoms with E-state index in [0.717, 1.165) is 12.5 Å². The highest BCUT2D eigenvalue weighted by molar-refractivity contribution is 5.26. The molecule has 0 aliphatic heterocycles. The second kappa shape index (κ2) is 6.38. The van der Waals surface area contributed by atoms with E-state index in [1.54, 1.807) is 0 Å². The second-order valence-electron chi connectivity index (χ2n) is 6.08. The molecule has 1 unspecified atom stereocenters. The molecule has 1 aromatic carbocycles. The van der Waals surface area contributed by atoms with Crippen molar-refractivity contribution in [1.82, 2.24) is 5.32 Å². The van der Waals surface area contributed by atoms with Crippen LogP contribution in [0.1, 0.15) is 69.5 Å². The molecule has 1 saturated carbocycles. The lowest BCUT2D eigenvalue weighted by Gasteiger charge is -2.15. The molecule has 0 aromatic heterocycles. The summed E-state index contributed by atoms with van der Waals surface area (Å²) in [7, 11) is 0. The van der Waals surface area contributed by atoms with Crippen LogP contribution in [0.3, 0.4) is 0 Å². The maximum atomic E-state index is 3.63. The third-order valence-corrected chi connectivity index (χ3v) is 4.04. The van der Waals surface area contributed by atoms with Crippen LogP contribution in [-0.2, 0) is 0 Å². The van der Waals surface area contributed by atoms with Gasteiger partial charge >= 0.3 is 0 Å². The maximum absolute atomic E-state index is 3.63. The van der Waals surface area contributed by atoms with Gasteiger partial charge in [0, 0.05) is 6.04 Å². The van der Waals surface area contributed by atoms with Crippen LogP contribution >= 0.6 is 0 Å². The Kier molecular flexibility index (Phi) is 4.82. The van der Waals surface area contributed by atoms with Crippen molar-refractivity contribution in [1.29, 1.82) is 0 Å². The fraction of sp³-hybridized carbons (Fsp3) is 0.647. The zero-order valence-electron chi connectivity index (χ0n) is 12.1. The van der Waals surface area contributed by atoms with Crippen molar-refractivity contribution in [3.05, 3.63) is 35.4 Å². The topological polar surface area (TPSA) is 12.0 Å². The summed E-state index contributed by atoms with van der Waals surface area (Å²) < 4.78 is 0. The first-order valence-electron chi connectivity index (χ1n) is 7.50. The summed E-state index contributed by atoms with van der Waals surface area (Å²) in [6.45, 7) is 7.91. The van der Waals surface area contributed by atoms with E-state index < -0.39 is 0 Å². The van der Waals surface area contributed by atoms with E-state index in [2.05, 4.69) is 50.4 Å². The predicted octanol–water partition coefficient (Wildman–Crippen LogP) is 4.65. The number of hydrogen-bond acceptors (Lipinski definition) is 1. The molecule has 0 amide bonds. The van der Waals surface area contributed by atoms with E-state index in [-0.39, 0.29) is 0 Å². The van der Waals surface area contributed by atoms with Crippen LogP contribution in [0.4, 0.5) is 0 Å². The van der Waals surface area contributed by atoms with Crippen LogP contribution in [0.15, 0.2) is 24.3 Å². The molecular weight excluding hydrogens is 218 g/mol. The molecule has 1 N–H and O–H groups in total. The van der Waals surface area contributed by atoms with Crippen molar-refractivity contribution in [2.45, 2.75) is 58.4 Å². The molecule has 100 valence electrons. The molecule has 1 atom stereocenters. The zero-order chi connectivity index (χ0) is 13.0. The minimum Gasteiger partial charge on any atom is -0.310 e. The molecule has 1 heteroatoms. The zero-order valence-corrected chi connectivity index (χ0v) is 12.1. The van der Waals surface area contributed by atoms with Crippen molar-refractivity contribution in [2.75, 3.05) is 6.54 Å². The molecule has 2 rings (SSSR count). The van der Waals surface area contributed by atoms with E-state index in [4.69, 9.17) is 0 Å². The van der Waals surface area contributed by atoms with Gasteiger partial charge in [0.15, 0.2) is 0 Å². The summed E-state index contributed by atoms with van der Waals surface area (Å²) in [4.78, 5) is 0. The van der Waals surface area contributed by atoms with E-state index in [1.807, 2.05) is 0 Å². The quantitative estimate of drug-likeness (QED) is 0.689. The highest BCUT2D eigenvalue weighted by atomic mass is 14.9. The summed E-state index contributed by atoms with van der Waals surface area (Å²) in [5, 5.41) is 3.63. The largest absolute Gasteiger partial charge is 0.310 e. The van der Waals surface area contributed by atoms with E-state index in [1.165, 1.54) is 36.8 Å². The van der Waals surface area contributed by atoms with Crippen LogP contribution < -0.4 is 5.32 Å². The average Bonchev–Trinajstić information content (AvgIpc) is 3.18. The van der Waals surface area contributed by atoms with Crippen LogP contribution in [0.5, 0.6) is 0 Å². The third-order valence-electron chi connectivity index (χ3n) is 4.04. The van der Waals surface area contributed by atoms with E-state index in [0.29, 0.717) is 12.0 Å². The Hall–Kier alpha value is -0.820. The molecule has 0 spiro atoms. The number of benzene rings is 1. The Morgan fingerprint density at radius 3 is 2.22 bits per heavy atom. The first kappa shape index (κ1) is 13.6. The standard InChI is InChI=1S/C17H27N/c1-13(2)16-8-10-17(11-9-16)14(3)18-12-4-5-15-6-7-15/h8-11,13-15,18H,4-7,12H2,1-3H3.